The Kier molecular flexibility index (Phi) is 6.55. The Bertz CT molecular complexity index is 961. The Labute approximate surface area is 183 Å². The molecular formula is C18H6Br4N4. The summed E-state index contributed by atoms with van der Waals surface area (Å²) in [6, 6.07) is 11.5. The molecule has 8 heteroatoms. The van der Waals surface area contributed by atoms with E-state index in [1.54, 1.807) is 0 Å². The minimum atomic E-state index is 0.233. The average molecular weight is 598 g/mol. The fourth-order valence-corrected chi connectivity index (χ4v) is 4.42. The van der Waals surface area contributed by atoms with Crippen LogP contribution >= 0.6 is 63.7 Å². The van der Waals surface area contributed by atoms with Gasteiger partial charge in [-0.3, -0.25) is 0 Å². The van der Waals surface area contributed by atoms with Crippen molar-refractivity contribution >= 4 is 63.7 Å². The highest BCUT2D eigenvalue weighted by Gasteiger charge is 1.98. The summed E-state index contributed by atoms with van der Waals surface area (Å²) in [5.74, 6) is 12.1. The van der Waals surface area contributed by atoms with Crippen LogP contribution in [0.15, 0.2) is 54.3 Å². The first-order valence-electron chi connectivity index (χ1n) is 7.01. The second kappa shape index (κ2) is 8.88. The number of hydrogen-bond donors (Lipinski definition) is 0. The van der Waals surface area contributed by atoms with Crippen LogP contribution in [0.25, 0.3) is 0 Å². The molecule has 4 nitrogen and oxygen atoms in total. The van der Waals surface area contributed by atoms with Gasteiger partial charge in [0.15, 0.2) is 0 Å². The van der Waals surface area contributed by atoms with Crippen molar-refractivity contribution in [1.29, 1.82) is 0 Å². The van der Waals surface area contributed by atoms with Crippen molar-refractivity contribution in [1.82, 2.24) is 20.4 Å². The minimum Gasteiger partial charge on any atom is -0.116 e. The summed E-state index contributed by atoms with van der Waals surface area (Å²) in [6.07, 6.45) is 0. The van der Waals surface area contributed by atoms with E-state index in [1.165, 1.54) is 0 Å². The van der Waals surface area contributed by atoms with Gasteiger partial charge >= 0.3 is 0 Å². The van der Waals surface area contributed by atoms with E-state index in [-0.39, 0.29) is 11.6 Å². The number of rotatable bonds is 0. The average Bonchev–Trinajstić information content (AvgIpc) is 2.57. The van der Waals surface area contributed by atoms with Crippen molar-refractivity contribution < 1.29 is 0 Å². The lowest BCUT2D eigenvalue weighted by molar-refractivity contribution is 0.819. The Hall–Kier alpha value is -1.58. The van der Waals surface area contributed by atoms with Crippen LogP contribution in [0.1, 0.15) is 22.8 Å². The third-order valence-corrected chi connectivity index (χ3v) is 4.67. The zero-order valence-electron chi connectivity index (χ0n) is 12.8. The summed E-state index contributed by atoms with van der Waals surface area (Å²) < 4.78 is 3.72. The van der Waals surface area contributed by atoms with Gasteiger partial charge in [0.05, 0.1) is 0 Å². The molecule has 0 saturated heterocycles. The molecule has 2 aromatic carbocycles. The lowest BCUT2D eigenvalue weighted by Gasteiger charge is -1.95. The lowest BCUT2D eigenvalue weighted by atomic mass is 10.2. The number of aromatic nitrogens is 4. The van der Waals surface area contributed by atoms with E-state index >= 15 is 0 Å². The summed E-state index contributed by atoms with van der Waals surface area (Å²) in [5, 5.41) is 15.8. The van der Waals surface area contributed by atoms with Crippen molar-refractivity contribution in [3.8, 4) is 23.7 Å². The largest absolute Gasteiger partial charge is 0.246 e. The first kappa shape index (κ1) is 19.2. The first-order valence-corrected chi connectivity index (χ1v) is 10.2. The van der Waals surface area contributed by atoms with Crippen LogP contribution in [0.3, 0.4) is 0 Å². The molecule has 3 rings (SSSR count). The van der Waals surface area contributed by atoms with Gasteiger partial charge in [-0.15, -0.1) is 20.4 Å². The highest BCUT2D eigenvalue weighted by Crippen LogP contribution is 2.20. The normalized spacial score (nSPS) is 9.69. The molecule has 0 bridgehead atoms. The molecule has 0 aliphatic carbocycles. The van der Waals surface area contributed by atoms with E-state index in [0.29, 0.717) is 0 Å². The standard InChI is InChI=1S/C18H6Br4N4/c19-13-5-11(6-14(20)9-13)1-3-17-23-25-18(26-24-17)4-2-12-7-15(21)10-16(22)8-12/h5-10H. The maximum atomic E-state index is 3.94. The van der Waals surface area contributed by atoms with Crippen molar-refractivity contribution in [2.45, 2.75) is 0 Å². The molecule has 1 heterocycles. The molecule has 0 aliphatic rings. The molecular weight excluding hydrogens is 592 g/mol. The van der Waals surface area contributed by atoms with Crippen LogP contribution in [-0.2, 0) is 0 Å². The van der Waals surface area contributed by atoms with Gasteiger partial charge in [-0.1, -0.05) is 75.6 Å². The molecule has 0 atom stereocenters. The molecule has 126 valence electrons. The number of hydrogen-bond acceptors (Lipinski definition) is 4. The smallest absolute Gasteiger partial charge is 0.116 e. The molecule has 0 radical (unpaired) electrons. The molecule has 26 heavy (non-hydrogen) atoms. The quantitative estimate of drug-likeness (QED) is 0.338. The van der Waals surface area contributed by atoms with Crippen molar-refractivity contribution in [3.05, 3.63) is 77.1 Å². The number of halogens is 4. The van der Waals surface area contributed by atoms with Crippen molar-refractivity contribution in [3.63, 3.8) is 0 Å². The monoisotopic (exact) mass is 594 g/mol. The van der Waals surface area contributed by atoms with Crippen LogP contribution < -0.4 is 0 Å². The van der Waals surface area contributed by atoms with E-state index in [2.05, 4.69) is 108 Å². The van der Waals surface area contributed by atoms with E-state index in [1.807, 2.05) is 36.4 Å². The molecule has 0 unspecified atom stereocenters. The van der Waals surface area contributed by atoms with E-state index in [9.17, 15) is 0 Å². The summed E-state index contributed by atoms with van der Waals surface area (Å²) in [6.45, 7) is 0. The molecule has 0 aliphatic heterocycles. The van der Waals surface area contributed by atoms with Gasteiger partial charge < -0.3 is 0 Å². The van der Waals surface area contributed by atoms with Crippen molar-refractivity contribution in [2.75, 3.05) is 0 Å². The third-order valence-electron chi connectivity index (χ3n) is 2.84. The zero-order chi connectivity index (χ0) is 18.5. The van der Waals surface area contributed by atoms with E-state index in [0.717, 1.165) is 29.0 Å². The highest BCUT2D eigenvalue weighted by atomic mass is 79.9. The van der Waals surface area contributed by atoms with E-state index in [4.69, 9.17) is 0 Å². The zero-order valence-corrected chi connectivity index (χ0v) is 19.1. The molecule has 3 aromatic rings. The maximum Gasteiger partial charge on any atom is 0.246 e. The second-order valence-corrected chi connectivity index (χ2v) is 8.53. The van der Waals surface area contributed by atoms with Gasteiger partial charge in [0.1, 0.15) is 0 Å². The Balaban J connectivity index is 1.77. The van der Waals surface area contributed by atoms with Gasteiger partial charge in [0, 0.05) is 29.0 Å². The molecule has 1 aromatic heterocycles. The molecule has 0 N–H and O–H groups in total. The molecule has 0 saturated carbocycles. The van der Waals surface area contributed by atoms with Crippen LogP contribution in [-0.4, -0.2) is 20.4 Å². The maximum absolute atomic E-state index is 3.94. The fourth-order valence-electron chi connectivity index (χ4n) is 1.84. The summed E-state index contributed by atoms with van der Waals surface area (Å²) >= 11 is 13.7. The summed E-state index contributed by atoms with van der Waals surface area (Å²) in [5.41, 5.74) is 1.64. The van der Waals surface area contributed by atoms with Gasteiger partial charge in [-0.25, -0.2) is 0 Å². The van der Waals surface area contributed by atoms with Gasteiger partial charge in [-0.05, 0) is 48.2 Å². The Morgan fingerprint density at radius 2 is 0.769 bits per heavy atom. The van der Waals surface area contributed by atoms with Gasteiger partial charge in [0.2, 0.25) is 11.6 Å². The van der Waals surface area contributed by atoms with Crippen LogP contribution in [0.5, 0.6) is 0 Å². The summed E-state index contributed by atoms with van der Waals surface area (Å²) in [4.78, 5) is 0. The first-order chi connectivity index (χ1) is 12.5. The lowest BCUT2D eigenvalue weighted by Crippen LogP contribution is -2.00. The molecule has 0 spiro atoms. The molecule has 0 fully saturated rings. The number of nitrogens with zero attached hydrogens (tertiary/aromatic N) is 4. The highest BCUT2D eigenvalue weighted by molar-refractivity contribution is 9.11. The number of benzene rings is 2. The van der Waals surface area contributed by atoms with Crippen molar-refractivity contribution in [2.24, 2.45) is 0 Å². The summed E-state index contributed by atoms with van der Waals surface area (Å²) in [7, 11) is 0. The van der Waals surface area contributed by atoms with Gasteiger partial charge in [0.25, 0.3) is 0 Å². The topological polar surface area (TPSA) is 51.6 Å². The minimum absolute atomic E-state index is 0.233. The van der Waals surface area contributed by atoms with Crippen LogP contribution in [0.2, 0.25) is 0 Å². The third kappa shape index (κ3) is 5.72. The Morgan fingerprint density at radius 3 is 1.08 bits per heavy atom. The Morgan fingerprint density at radius 1 is 0.462 bits per heavy atom. The van der Waals surface area contributed by atoms with Gasteiger partial charge in [-0.2, -0.15) is 0 Å². The van der Waals surface area contributed by atoms with Crippen LogP contribution in [0.4, 0.5) is 0 Å². The SMILES string of the molecule is Brc1cc(Br)cc(C#Cc2nnc(C#Cc3cc(Br)cc(Br)c3)nn2)c1. The second-order valence-electron chi connectivity index (χ2n) is 4.86. The van der Waals surface area contributed by atoms with Crippen LogP contribution in [0, 0.1) is 23.7 Å². The molecule has 0 amide bonds. The van der Waals surface area contributed by atoms with E-state index < -0.39 is 0 Å². The predicted molar refractivity (Wildman–Crippen MR) is 113 cm³/mol. The predicted octanol–water partition coefficient (Wildman–Crippen LogP) is 5.12. The fraction of sp³-hybridized carbons (Fsp3) is 0.